The van der Waals surface area contributed by atoms with E-state index in [1.165, 1.54) is 19.2 Å². The van der Waals surface area contributed by atoms with Gasteiger partial charge in [-0.1, -0.05) is 13.8 Å². The lowest BCUT2D eigenvalue weighted by molar-refractivity contribution is -0.384. The minimum atomic E-state index is -0.471. The first-order chi connectivity index (χ1) is 9.01. The molecule has 0 aromatic carbocycles. The number of pyridine rings is 1. The first-order valence-electron chi connectivity index (χ1n) is 6.19. The molecule has 1 aromatic rings. The minimum Gasteiger partial charge on any atom is -0.481 e. The molecule has 1 rings (SSSR count). The predicted molar refractivity (Wildman–Crippen MR) is 73.4 cm³/mol. The number of nitrogens with two attached hydrogens (primary N) is 1. The first-order valence-corrected chi connectivity index (χ1v) is 6.19. The van der Waals surface area contributed by atoms with Crippen LogP contribution in [0.2, 0.25) is 0 Å². The van der Waals surface area contributed by atoms with Crippen LogP contribution in [0.25, 0.3) is 0 Å². The highest BCUT2D eigenvalue weighted by atomic mass is 16.6. The molecular weight excluding hydrogens is 248 g/mol. The standard InChI is InChI=1S/C12H20N4O3/c1-4-12(5-2,8-13)15-11-9(16(17)18)6-7-10(14-11)19-3/h6-7H,4-5,8,13H2,1-3H3,(H,14,15). The maximum absolute atomic E-state index is 11.0. The third kappa shape index (κ3) is 3.31. The van der Waals surface area contributed by atoms with E-state index in [9.17, 15) is 10.1 Å². The number of methoxy groups -OCH3 is 1. The van der Waals surface area contributed by atoms with Gasteiger partial charge in [-0.2, -0.15) is 4.98 Å². The predicted octanol–water partition coefficient (Wildman–Crippen LogP) is 1.93. The van der Waals surface area contributed by atoms with Crippen molar-refractivity contribution >= 4 is 11.5 Å². The van der Waals surface area contributed by atoms with Crippen LogP contribution >= 0.6 is 0 Å². The van der Waals surface area contributed by atoms with E-state index in [0.717, 1.165) is 12.8 Å². The van der Waals surface area contributed by atoms with Crippen molar-refractivity contribution in [3.63, 3.8) is 0 Å². The molecule has 106 valence electrons. The van der Waals surface area contributed by atoms with Gasteiger partial charge in [-0.15, -0.1) is 0 Å². The number of nitrogens with zero attached hydrogens (tertiary/aromatic N) is 2. The smallest absolute Gasteiger partial charge is 0.311 e. The monoisotopic (exact) mass is 268 g/mol. The van der Waals surface area contributed by atoms with Crippen LogP contribution in [0, 0.1) is 10.1 Å². The molecule has 0 aliphatic rings. The maximum atomic E-state index is 11.0. The van der Waals surface area contributed by atoms with Crippen molar-refractivity contribution in [2.45, 2.75) is 32.2 Å². The Balaban J connectivity index is 3.19. The van der Waals surface area contributed by atoms with Crippen LogP contribution in [0.4, 0.5) is 11.5 Å². The van der Waals surface area contributed by atoms with Crippen LogP contribution in [0.5, 0.6) is 5.88 Å². The number of nitro groups is 1. The van der Waals surface area contributed by atoms with Gasteiger partial charge in [-0.05, 0) is 12.8 Å². The summed E-state index contributed by atoms with van der Waals surface area (Å²) in [6, 6.07) is 2.84. The van der Waals surface area contributed by atoms with Gasteiger partial charge < -0.3 is 15.8 Å². The van der Waals surface area contributed by atoms with Crippen LogP contribution < -0.4 is 15.8 Å². The summed E-state index contributed by atoms with van der Waals surface area (Å²) in [4.78, 5) is 14.7. The maximum Gasteiger partial charge on any atom is 0.311 e. The fourth-order valence-corrected chi connectivity index (χ4v) is 1.80. The first kappa shape index (κ1) is 15.2. The Morgan fingerprint density at radius 1 is 1.47 bits per heavy atom. The lowest BCUT2D eigenvalue weighted by atomic mass is 9.93. The van der Waals surface area contributed by atoms with Crippen molar-refractivity contribution in [1.82, 2.24) is 4.98 Å². The fraction of sp³-hybridized carbons (Fsp3) is 0.583. The molecule has 19 heavy (non-hydrogen) atoms. The third-order valence-corrected chi connectivity index (χ3v) is 3.38. The van der Waals surface area contributed by atoms with Crippen LogP contribution in [-0.4, -0.2) is 29.1 Å². The molecule has 0 amide bonds. The number of rotatable bonds is 7. The largest absolute Gasteiger partial charge is 0.481 e. The van der Waals surface area contributed by atoms with Crippen molar-refractivity contribution in [1.29, 1.82) is 0 Å². The normalized spacial score (nSPS) is 11.2. The van der Waals surface area contributed by atoms with E-state index < -0.39 is 10.5 Å². The lowest BCUT2D eigenvalue weighted by Crippen LogP contribution is -2.44. The van der Waals surface area contributed by atoms with E-state index in [4.69, 9.17) is 10.5 Å². The average Bonchev–Trinajstić information content (AvgIpc) is 2.44. The molecule has 3 N–H and O–H groups in total. The van der Waals surface area contributed by atoms with Crippen molar-refractivity contribution in [3.05, 3.63) is 22.2 Å². The second-order valence-corrected chi connectivity index (χ2v) is 4.30. The number of nitrogens with one attached hydrogen (secondary N) is 1. The molecule has 0 bridgehead atoms. The number of ether oxygens (including phenoxy) is 1. The molecule has 0 atom stereocenters. The number of aromatic nitrogens is 1. The zero-order valence-electron chi connectivity index (χ0n) is 11.5. The highest BCUT2D eigenvalue weighted by Gasteiger charge is 2.28. The summed E-state index contributed by atoms with van der Waals surface area (Å²) in [6.07, 6.45) is 1.49. The molecule has 1 aromatic heterocycles. The zero-order chi connectivity index (χ0) is 14.5. The van der Waals surface area contributed by atoms with Gasteiger partial charge in [0, 0.05) is 18.7 Å². The zero-order valence-corrected chi connectivity index (χ0v) is 11.5. The fourth-order valence-electron chi connectivity index (χ4n) is 1.80. The highest BCUT2D eigenvalue weighted by Crippen LogP contribution is 2.29. The molecule has 0 saturated heterocycles. The molecule has 0 radical (unpaired) electrons. The Kier molecular flexibility index (Phi) is 5.05. The quantitative estimate of drug-likeness (QED) is 0.578. The van der Waals surface area contributed by atoms with Crippen molar-refractivity contribution < 1.29 is 9.66 Å². The highest BCUT2D eigenvalue weighted by molar-refractivity contribution is 5.58. The van der Waals surface area contributed by atoms with Gasteiger partial charge in [0.25, 0.3) is 0 Å². The van der Waals surface area contributed by atoms with Crippen LogP contribution in [-0.2, 0) is 0 Å². The van der Waals surface area contributed by atoms with E-state index in [2.05, 4.69) is 10.3 Å². The Labute approximate surface area is 112 Å². The van der Waals surface area contributed by atoms with E-state index in [1.807, 2.05) is 13.8 Å². The second kappa shape index (κ2) is 6.33. The van der Waals surface area contributed by atoms with Gasteiger partial charge >= 0.3 is 5.69 Å². The Bertz CT molecular complexity index is 438. The van der Waals surface area contributed by atoms with Crippen molar-refractivity contribution in [2.24, 2.45) is 5.73 Å². The summed E-state index contributed by atoms with van der Waals surface area (Å²) in [7, 11) is 1.47. The average molecular weight is 268 g/mol. The molecule has 7 heteroatoms. The van der Waals surface area contributed by atoms with Gasteiger partial charge in [0.1, 0.15) is 0 Å². The molecule has 0 spiro atoms. The SMILES string of the molecule is CCC(CC)(CN)Nc1nc(OC)ccc1[N+](=O)[O-]. The Morgan fingerprint density at radius 3 is 2.53 bits per heavy atom. The van der Waals surface area contributed by atoms with Crippen molar-refractivity contribution in [3.8, 4) is 5.88 Å². The van der Waals surface area contributed by atoms with Crippen molar-refractivity contribution in [2.75, 3.05) is 19.0 Å². The Morgan fingerprint density at radius 2 is 2.11 bits per heavy atom. The van der Waals surface area contributed by atoms with E-state index in [0.29, 0.717) is 12.4 Å². The topological polar surface area (TPSA) is 103 Å². The van der Waals surface area contributed by atoms with Gasteiger partial charge in [-0.25, -0.2) is 0 Å². The van der Waals surface area contributed by atoms with E-state index in [-0.39, 0.29) is 11.5 Å². The molecule has 1 heterocycles. The van der Waals surface area contributed by atoms with Gasteiger partial charge in [0.05, 0.1) is 17.6 Å². The minimum absolute atomic E-state index is 0.0828. The molecule has 0 unspecified atom stereocenters. The summed E-state index contributed by atoms with van der Waals surface area (Å²) in [5.41, 5.74) is 5.30. The van der Waals surface area contributed by atoms with Gasteiger partial charge in [-0.3, -0.25) is 10.1 Å². The number of anilines is 1. The summed E-state index contributed by atoms with van der Waals surface area (Å²) >= 11 is 0. The summed E-state index contributed by atoms with van der Waals surface area (Å²) < 4.78 is 5.00. The molecule has 0 fully saturated rings. The van der Waals surface area contributed by atoms with E-state index >= 15 is 0 Å². The molecule has 0 saturated carbocycles. The van der Waals surface area contributed by atoms with Crippen LogP contribution in [0.3, 0.4) is 0 Å². The lowest BCUT2D eigenvalue weighted by Gasteiger charge is -2.31. The second-order valence-electron chi connectivity index (χ2n) is 4.30. The van der Waals surface area contributed by atoms with Gasteiger partial charge in [0.15, 0.2) is 0 Å². The molecular formula is C12H20N4O3. The third-order valence-electron chi connectivity index (χ3n) is 3.38. The molecule has 0 aliphatic carbocycles. The molecule has 0 aliphatic heterocycles. The van der Waals surface area contributed by atoms with Crippen LogP contribution in [0.1, 0.15) is 26.7 Å². The van der Waals surface area contributed by atoms with E-state index in [1.54, 1.807) is 0 Å². The summed E-state index contributed by atoms with van der Waals surface area (Å²) in [5.74, 6) is 0.518. The Hall–Kier alpha value is -1.89. The number of hydrogen-bond donors (Lipinski definition) is 2. The van der Waals surface area contributed by atoms with Gasteiger partial charge in [0.2, 0.25) is 11.7 Å². The van der Waals surface area contributed by atoms with Crippen LogP contribution in [0.15, 0.2) is 12.1 Å². The number of hydrogen-bond acceptors (Lipinski definition) is 6. The summed E-state index contributed by atoms with van der Waals surface area (Å²) in [5, 5.41) is 14.1. The molecule has 7 nitrogen and oxygen atoms in total. The summed E-state index contributed by atoms with van der Waals surface area (Å²) in [6.45, 7) is 4.33.